The molecule has 1 N–H and O–H groups in total. The first kappa shape index (κ1) is 11.4. The van der Waals surface area contributed by atoms with Crippen LogP contribution in [0.5, 0.6) is 0 Å². The summed E-state index contributed by atoms with van der Waals surface area (Å²) in [6.07, 6.45) is 0. The van der Waals surface area contributed by atoms with E-state index in [2.05, 4.69) is 7.05 Å². The first-order valence-corrected chi connectivity index (χ1v) is 3.50. The second-order valence-corrected chi connectivity index (χ2v) is 2.45. The Kier molecular flexibility index (Phi) is 2.92. The zero-order chi connectivity index (χ0) is 11.7. The lowest BCUT2D eigenvalue weighted by atomic mass is 10.1. The highest BCUT2D eigenvalue weighted by molar-refractivity contribution is 5.94. The number of hydrogen-bond donors (Lipinski definition) is 1. The molecule has 0 fully saturated rings. The van der Waals surface area contributed by atoms with Gasteiger partial charge in [0.1, 0.15) is 5.56 Å². The lowest BCUT2D eigenvalue weighted by molar-refractivity contribution is 0.0957. The van der Waals surface area contributed by atoms with Crippen LogP contribution in [0.15, 0.2) is 0 Å². The minimum Gasteiger partial charge on any atom is -0.350 e. The summed E-state index contributed by atoms with van der Waals surface area (Å²) in [7, 11) is 2.75. The van der Waals surface area contributed by atoms with Crippen LogP contribution in [0.3, 0.4) is 0 Å². The maximum absolute atomic E-state index is 12.8. The number of amides is 1. The predicted octanol–water partition coefficient (Wildman–Crippen LogP) is 1.90. The molecule has 1 aromatic rings. The van der Waals surface area contributed by atoms with Crippen molar-refractivity contribution in [1.29, 1.82) is 0 Å². The smallest absolute Gasteiger partial charge is 0.257 e. The number of halogens is 5. The van der Waals surface area contributed by atoms with Crippen LogP contribution in [0.25, 0.3) is 0 Å². The van der Waals surface area contributed by atoms with Gasteiger partial charge in [0.25, 0.3) is 5.91 Å². The summed E-state index contributed by atoms with van der Waals surface area (Å²) in [5.74, 6) is -12.5. The molecule has 0 aromatic heterocycles. The molecule has 0 aliphatic rings. The summed E-state index contributed by atoms with van der Waals surface area (Å²) in [4.78, 5) is 10.8. The summed E-state index contributed by atoms with van der Waals surface area (Å²) in [5.41, 5.74) is -1.55. The summed E-state index contributed by atoms with van der Waals surface area (Å²) >= 11 is 0. The van der Waals surface area contributed by atoms with Crippen molar-refractivity contribution in [3.05, 3.63) is 41.7 Å². The van der Waals surface area contributed by atoms with Gasteiger partial charge in [0, 0.05) is 7.05 Å². The van der Waals surface area contributed by atoms with Gasteiger partial charge in [0.15, 0.2) is 23.3 Å². The minimum absolute atomic E-state index is 1.50. The Morgan fingerprint density at radius 3 is 1.53 bits per heavy atom. The van der Waals surface area contributed by atoms with Gasteiger partial charge in [0.05, 0.1) is 0 Å². The molecule has 0 spiro atoms. The first-order chi connectivity index (χ1) is 6.91. The average Bonchev–Trinajstić information content (AvgIpc) is 2.23. The van der Waals surface area contributed by atoms with Gasteiger partial charge < -0.3 is 5.32 Å². The molecule has 0 atom stereocenters. The molecule has 2 nitrogen and oxygen atoms in total. The van der Waals surface area contributed by atoms with E-state index in [1.54, 1.807) is 0 Å². The highest BCUT2D eigenvalue weighted by Gasteiger charge is 2.28. The van der Waals surface area contributed by atoms with Crippen LogP contribution in [-0.2, 0) is 0 Å². The maximum atomic E-state index is 12.8. The largest absolute Gasteiger partial charge is 0.350 e. The fourth-order valence-electron chi connectivity index (χ4n) is 0.893. The van der Waals surface area contributed by atoms with Crippen LogP contribution in [0.4, 0.5) is 22.0 Å². The van der Waals surface area contributed by atoms with Gasteiger partial charge in [-0.15, -0.1) is 0 Å². The van der Waals surface area contributed by atoms with Gasteiger partial charge in [-0.1, -0.05) is 0 Å². The molecule has 81 valence electrons. The van der Waals surface area contributed by atoms with Gasteiger partial charge in [-0.2, -0.15) is 0 Å². The van der Waals surface area contributed by atoms with Crippen LogP contribution >= 0.6 is 0 Å². The molecule has 0 saturated heterocycles. The number of benzene rings is 1. The van der Waals surface area contributed by atoms with Crippen LogP contribution in [0.2, 0.25) is 0 Å². The molecular formula is C8H3F5NO. The number of rotatable bonds is 1. The number of hydrogen-bond acceptors (Lipinski definition) is 1. The first-order valence-electron chi connectivity index (χ1n) is 3.50. The van der Waals surface area contributed by atoms with Crippen molar-refractivity contribution in [2.45, 2.75) is 0 Å². The summed E-state index contributed by atoms with van der Waals surface area (Å²) in [6.45, 7) is 0. The van der Waals surface area contributed by atoms with Gasteiger partial charge in [-0.05, 0) is 0 Å². The number of carbonyl (C=O) groups is 1. The van der Waals surface area contributed by atoms with Crippen molar-refractivity contribution in [2.24, 2.45) is 0 Å². The second kappa shape index (κ2) is 3.84. The van der Waals surface area contributed by atoms with Crippen molar-refractivity contribution in [3.8, 4) is 0 Å². The lowest BCUT2D eigenvalue weighted by Crippen LogP contribution is -2.21. The van der Waals surface area contributed by atoms with Crippen molar-refractivity contribution < 1.29 is 26.7 Å². The van der Waals surface area contributed by atoms with Crippen molar-refractivity contribution in [2.75, 3.05) is 0 Å². The third-order valence-corrected chi connectivity index (χ3v) is 1.60. The van der Waals surface area contributed by atoms with E-state index in [-0.39, 0.29) is 0 Å². The zero-order valence-corrected chi connectivity index (χ0v) is 7.01. The molecule has 0 aliphatic carbocycles. The quantitative estimate of drug-likeness (QED) is 0.440. The summed E-state index contributed by atoms with van der Waals surface area (Å²) < 4.78 is 63.2. The molecule has 15 heavy (non-hydrogen) atoms. The van der Waals surface area contributed by atoms with E-state index in [1.807, 2.05) is 0 Å². The summed E-state index contributed by atoms with van der Waals surface area (Å²) in [5, 5.41) is 1.51. The Hall–Kier alpha value is -1.66. The van der Waals surface area contributed by atoms with E-state index in [0.717, 1.165) is 0 Å². The Morgan fingerprint density at radius 2 is 1.20 bits per heavy atom. The highest BCUT2D eigenvalue weighted by atomic mass is 19.2. The van der Waals surface area contributed by atoms with E-state index in [4.69, 9.17) is 0 Å². The molecule has 0 heterocycles. The third kappa shape index (κ3) is 1.64. The third-order valence-electron chi connectivity index (χ3n) is 1.60. The van der Waals surface area contributed by atoms with E-state index < -0.39 is 40.6 Å². The van der Waals surface area contributed by atoms with Gasteiger partial charge in [-0.25, -0.2) is 22.0 Å². The maximum Gasteiger partial charge on any atom is 0.257 e. The molecule has 0 unspecified atom stereocenters. The molecule has 0 bridgehead atoms. The number of nitrogens with one attached hydrogen (secondary N) is 1. The molecule has 1 rings (SSSR count). The van der Waals surface area contributed by atoms with E-state index in [0.29, 0.717) is 0 Å². The summed E-state index contributed by atoms with van der Waals surface area (Å²) in [6, 6.07) is 0. The molecule has 1 amide bonds. The van der Waals surface area contributed by atoms with E-state index in [1.165, 1.54) is 5.32 Å². The second-order valence-electron chi connectivity index (χ2n) is 2.45. The Labute approximate surface area is 80.7 Å². The highest BCUT2D eigenvalue weighted by Crippen LogP contribution is 2.22. The lowest BCUT2D eigenvalue weighted by Gasteiger charge is -2.06. The van der Waals surface area contributed by atoms with Crippen LogP contribution in [-0.4, -0.2) is 5.91 Å². The monoisotopic (exact) mass is 224 g/mol. The van der Waals surface area contributed by atoms with Crippen LogP contribution < -0.4 is 5.32 Å². The molecule has 0 saturated carbocycles. The topological polar surface area (TPSA) is 29.1 Å². The molecule has 1 radical (unpaired) electrons. The molecular weight excluding hydrogens is 221 g/mol. The van der Waals surface area contributed by atoms with Crippen molar-refractivity contribution >= 4 is 5.91 Å². The van der Waals surface area contributed by atoms with Gasteiger partial charge >= 0.3 is 0 Å². The minimum atomic E-state index is -2.31. The normalized spacial score (nSPS) is 10.3. The van der Waals surface area contributed by atoms with Crippen LogP contribution in [0.1, 0.15) is 10.4 Å². The van der Waals surface area contributed by atoms with Crippen molar-refractivity contribution in [3.63, 3.8) is 0 Å². The zero-order valence-electron chi connectivity index (χ0n) is 7.01. The fraction of sp³-hybridized carbons (Fsp3) is 0. The molecule has 7 heteroatoms. The van der Waals surface area contributed by atoms with E-state index >= 15 is 0 Å². The van der Waals surface area contributed by atoms with E-state index in [9.17, 15) is 26.7 Å². The molecule has 1 aromatic carbocycles. The average molecular weight is 224 g/mol. The Bertz CT molecular complexity index is 403. The predicted molar refractivity (Wildman–Crippen MR) is 39.1 cm³/mol. The Morgan fingerprint density at radius 1 is 0.867 bits per heavy atom. The molecule has 0 aliphatic heterocycles. The number of carbonyl (C=O) groups excluding carboxylic acids is 1. The Balaban J connectivity index is 3.60. The van der Waals surface area contributed by atoms with Gasteiger partial charge in [0.2, 0.25) is 5.82 Å². The van der Waals surface area contributed by atoms with Crippen LogP contribution in [0, 0.1) is 36.1 Å². The fourth-order valence-corrected chi connectivity index (χ4v) is 0.893. The van der Waals surface area contributed by atoms with Crippen molar-refractivity contribution in [1.82, 2.24) is 5.32 Å². The standard InChI is InChI=1S/C8H3F5NO/c1-14-8(15)2-3(9)5(11)7(13)6(12)4(2)10/h1H2,(H,14,15). The SMILES string of the molecule is [CH2]NC(=O)c1c(F)c(F)c(F)c(F)c1F. The van der Waals surface area contributed by atoms with Gasteiger partial charge in [-0.3, -0.25) is 4.79 Å².